The molecule has 0 amide bonds. The van der Waals surface area contributed by atoms with Crippen LogP contribution in [0.2, 0.25) is 0 Å². The van der Waals surface area contributed by atoms with E-state index in [4.69, 9.17) is 0 Å². The molecule has 2 aromatic rings. The Morgan fingerprint density at radius 2 is 1.59 bits per heavy atom. The number of rotatable bonds is 5. The van der Waals surface area contributed by atoms with Crippen LogP contribution < -0.4 is 5.32 Å². The summed E-state index contributed by atoms with van der Waals surface area (Å²) in [6.45, 7) is 6.25. The molecule has 5 heteroatoms. The van der Waals surface area contributed by atoms with Crippen molar-refractivity contribution in [1.29, 1.82) is 0 Å². The maximum absolute atomic E-state index is 11.9. The predicted octanol–water partition coefficient (Wildman–Crippen LogP) is 3.58. The fourth-order valence-corrected chi connectivity index (χ4v) is 3.44. The highest BCUT2D eigenvalue weighted by Crippen LogP contribution is 2.50. The summed E-state index contributed by atoms with van der Waals surface area (Å²) in [6.07, 6.45) is 0. The first-order chi connectivity index (χ1) is 10.3. The molecule has 0 unspecified atom stereocenters. The summed E-state index contributed by atoms with van der Waals surface area (Å²) in [5.41, 5.74) is 4.75. The van der Waals surface area contributed by atoms with Gasteiger partial charge in [0.2, 0.25) is 0 Å². The highest BCUT2D eigenvalue weighted by atomic mass is 31.2. The zero-order chi connectivity index (χ0) is 16.3. The summed E-state index contributed by atoms with van der Waals surface area (Å²) in [5, 5.41) is 3.01. The minimum atomic E-state index is -4.30. The van der Waals surface area contributed by atoms with E-state index < -0.39 is 13.4 Å². The molecule has 0 heterocycles. The van der Waals surface area contributed by atoms with E-state index in [0.29, 0.717) is 12.1 Å². The van der Waals surface area contributed by atoms with Crippen molar-refractivity contribution >= 4 is 7.60 Å². The second-order valence-electron chi connectivity index (χ2n) is 5.72. The van der Waals surface area contributed by atoms with Gasteiger partial charge in [0, 0.05) is 6.54 Å². The molecule has 2 rings (SSSR count). The van der Waals surface area contributed by atoms with Crippen molar-refractivity contribution in [1.82, 2.24) is 5.32 Å². The van der Waals surface area contributed by atoms with Crippen LogP contribution in [0.5, 0.6) is 0 Å². The molecule has 4 nitrogen and oxygen atoms in total. The van der Waals surface area contributed by atoms with Gasteiger partial charge in [0.05, 0.1) is 0 Å². The van der Waals surface area contributed by atoms with Gasteiger partial charge in [-0.05, 0) is 37.5 Å². The van der Waals surface area contributed by atoms with E-state index in [1.54, 1.807) is 6.07 Å². The van der Waals surface area contributed by atoms with E-state index in [1.165, 1.54) is 0 Å². The molecule has 0 aliphatic carbocycles. The number of hydrogen-bond acceptors (Lipinski definition) is 2. The summed E-state index contributed by atoms with van der Waals surface area (Å²) in [5.74, 6) is -0.991. The first-order valence-corrected chi connectivity index (χ1v) is 8.87. The van der Waals surface area contributed by atoms with E-state index in [1.807, 2.05) is 57.2 Å². The second-order valence-corrected chi connectivity index (χ2v) is 7.41. The van der Waals surface area contributed by atoms with Crippen LogP contribution in [0.25, 0.3) is 0 Å². The fraction of sp³-hybridized carbons (Fsp3) is 0.294. The molecule has 0 aliphatic heterocycles. The zero-order valence-corrected chi connectivity index (χ0v) is 14.0. The van der Waals surface area contributed by atoms with Crippen LogP contribution in [0, 0.1) is 20.8 Å². The minimum Gasteiger partial charge on any atom is -0.323 e. The van der Waals surface area contributed by atoms with Crippen LogP contribution in [0.3, 0.4) is 0 Å². The highest BCUT2D eigenvalue weighted by Gasteiger charge is 2.31. The number of nitrogens with one attached hydrogen (secondary N) is 1. The van der Waals surface area contributed by atoms with Crippen LogP contribution in [0.4, 0.5) is 0 Å². The van der Waals surface area contributed by atoms with Crippen LogP contribution in [-0.2, 0) is 11.1 Å². The Morgan fingerprint density at radius 1 is 1.00 bits per heavy atom. The Labute approximate surface area is 131 Å². The number of hydrogen-bond donors (Lipinski definition) is 3. The second kappa shape index (κ2) is 6.76. The van der Waals surface area contributed by atoms with E-state index in [-0.39, 0.29) is 0 Å². The summed E-state index contributed by atoms with van der Waals surface area (Å²) >= 11 is 0. The van der Waals surface area contributed by atoms with Gasteiger partial charge in [-0.15, -0.1) is 0 Å². The average Bonchev–Trinajstić information content (AvgIpc) is 2.42. The van der Waals surface area contributed by atoms with E-state index in [2.05, 4.69) is 5.32 Å². The minimum absolute atomic E-state index is 0.406. The lowest BCUT2D eigenvalue weighted by Crippen LogP contribution is -2.22. The summed E-state index contributed by atoms with van der Waals surface area (Å²) in [6, 6.07) is 13.5. The Kier molecular flexibility index (Phi) is 5.20. The standard InChI is InChI=1S/C17H22NO3P/c1-12-4-7-15(8-5-12)11-18-17(22(19,20)21)16-9-6-13(2)10-14(16)3/h4-10,17-18H,11H2,1-3H3,(H2,19,20,21)/t17-/m0/s1. The third-order valence-corrected chi connectivity index (χ3v) is 4.81. The molecule has 0 saturated heterocycles. The lowest BCUT2D eigenvalue weighted by Gasteiger charge is -2.22. The molecule has 0 spiro atoms. The third kappa shape index (κ3) is 4.28. The molecule has 3 N–H and O–H groups in total. The highest BCUT2D eigenvalue weighted by molar-refractivity contribution is 7.52. The SMILES string of the molecule is Cc1ccc(CN[C@H](c2ccc(C)cc2C)P(=O)(O)O)cc1. The van der Waals surface area contributed by atoms with Gasteiger partial charge in [-0.1, -0.05) is 53.6 Å². The van der Waals surface area contributed by atoms with E-state index >= 15 is 0 Å². The quantitative estimate of drug-likeness (QED) is 0.737. The van der Waals surface area contributed by atoms with Crippen molar-refractivity contribution in [3.8, 4) is 0 Å². The van der Waals surface area contributed by atoms with Crippen molar-refractivity contribution in [3.05, 3.63) is 70.3 Å². The first-order valence-electron chi connectivity index (χ1n) is 7.18. The largest absolute Gasteiger partial charge is 0.346 e. The molecule has 118 valence electrons. The monoisotopic (exact) mass is 319 g/mol. The smallest absolute Gasteiger partial charge is 0.323 e. The summed E-state index contributed by atoms with van der Waals surface area (Å²) < 4.78 is 11.9. The van der Waals surface area contributed by atoms with E-state index in [9.17, 15) is 14.4 Å². The van der Waals surface area contributed by atoms with E-state index in [0.717, 1.165) is 22.3 Å². The molecular weight excluding hydrogens is 297 g/mol. The van der Waals surface area contributed by atoms with Gasteiger partial charge in [0.1, 0.15) is 5.78 Å². The molecule has 0 fully saturated rings. The molecule has 0 aromatic heterocycles. The van der Waals surface area contributed by atoms with Crippen LogP contribution in [0.1, 0.15) is 33.6 Å². The normalized spacial score (nSPS) is 13.1. The predicted molar refractivity (Wildman–Crippen MR) is 88.7 cm³/mol. The Hall–Kier alpha value is -1.45. The molecule has 0 bridgehead atoms. The van der Waals surface area contributed by atoms with Crippen molar-refractivity contribution in [2.75, 3.05) is 0 Å². The Balaban J connectivity index is 2.24. The van der Waals surface area contributed by atoms with Crippen molar-refractivity contribution in [3.63, 3.8) is 0 Å². The maximum atomic E-state index is 11.9. The van der Waals surface area contributed by atoms with Crippen molar-refractivity contribution in [2.24, 2.45) is 0 Å². The first kappa shape index (κ1) is 16.9. The van der Waals surface area contributed by atoms with Gasteiger partial charge in [-0.3, -0.25) is 9.88 Å². The summed E-state index contributed by atoms with van der Waals surface area (Å²) in [7, 11) is -4.30. The fourth-order valence-electron chi connectivity index (χ4n) is 2.46. The number of benzene rings is 2. The van der Waals surface area contributed by atoms with Gasteiger partial charge in [-0.25, -0.2) is 0 Å². The maximum Gasteiger partial charge on any atom is 0.346 e. The van der Waals surface area contributed by atoms with Gasteiger partial charge >= 0.3 is 7.60 Å². The van der Waals surface area contributed by atoms with Gasteiger partial charge in [0.25, 0.3) is 0 Å². The zero-order valence-electron chi connectivity index (χ0n) is 13.1. The van der Waals surface area contributed by atoms with Gasteiger partial charge in [-0.2, -0.15) is 0 Å². The van der Waals surface area contributed by atoms with Crippen LogP contribution >= 0.6 is 7.60 Å². The molecular formula is C17H22NO3P. The van der Waals surface area contributed by atoms with Gasteiger partial charge < -0.3 is 9.79 Å². The molecule has 2 aromatic carbocycles. The molecule has 22 heavy (non-hydrogen) atoms. The average molecular weight is 319 g/mol. The summed E-state index contributed by atoms with van der Waals surface area (Å²) in [4.78, 5) is 19.4. The van der Waals surface area contributed by atoms with Crippen LogP contribution in [0.15, 0.2) is 42.5 Å². The molecule has 1 atom stereocenters. The molecule has 0 saturated carbocycles. The Bertz CT molecular complexity index is 692. The third-order valence-electron chi connectivity index (χ3n) is 3.68. The lowest BCUT2D eigenvalue weighted by atomic mass is 10.1. The van der Waals surface area contributed by atoms with Gasteiger partial charge in [0.15, 0.2) is 0 Å². The van der Waals surface area contributed by atoms with Crippen molar-refractivity contribution in [2.45, 2.75) is 33.1 Å². The van der Waals surface area contributed by atoms with Crippen LogP contribution in [-0.4, -0.2) is 9.79 Å². The molecule has 0 aliphatic rings. The van der Waals surface area contributed by atoms with Crippen molar-refractivity contribution < 1.29 is 14.4 Å². The topological polar surface area (TPSA) is 69.6 Å². The number of aryl methyl sites for hydroxylation is 3. The Morgan fingerprint density at radius 3 is 2.14 bits per heavy atom. The molecule has 0 radical (unpaired) electrons. The lowest BCUT2D eigenvalue weighted by molar-refractivity contribution is 0.347.